The van der Waals surface area contributed by atoms with Crippen LogP contribution in [-0.4, -0.2) is 0 Å². The van der Waals surface area contributed by atoms with Crippen LogP contribution in [0.1, 0.15) is 55.4 Å². The lowest BCUT2D eigenvalue weighted by molar-refractivity contribution is 0.441. The van der Waals surface area contributed by atoms with Crippen LogP contribution < -0.4 is 0 Å². The van der Waals surface area contributed by atoms with Crippen molar-refractivity contribution in [3.63, 3.8) is 0 Å². The molecule has 0 rings (SSSR count). The second-order valence-corrected chi connectivity index (χ2v) is 5.55. The van der Waals surface area contributed by atoms with E-state index >= 15 is 0 Å². The van der Waals surface area contributed by atoms with Gasteiger partial charge >= 0.3 is 0 Å². The van der Waals surface area contributed by atoms with E-state index in [4.69, 9.17) is 0 Å². The Morgan fingerprint density at radius 1 is 0.625 bits per heavy atom. The highest BCUT2D eigenvalue weighted by Gasteiger charge is 2.21. The van der Waals surface area contributed by atoms with Gasteiger partial charge in [-0.15, -0.1) is 0 Å². The zero-order chi connectivity index (χ0) is 12.9. The molecule has 0 heteroatoms. The lowest BCUT2D eigenvalue weighted by Gasteiger charge is -2.28. The molecule has 0 unspecified atom stereocenters. The summed E-state index contributed by atoms with van der Waals surface area (Å²) in [6, 6.07) is 0. The maximum absolute atomic E-state index is 2.34. The first kappa shape index (κ1) is 15.5. The van der Waals surface area contributed by atoms with Crippen LogP contribution in [0.15, 0.2) is 23.3 Å². The molecule has 0 aromatic heterocycles. The summed E-state index contributed by atoms with van der Waals surface area (Å²) < 4.78 is 0. The van der Waals surface area contributed by atoms with Gasteiger partial charge in [-0.3, -0.25) is 0 Å². The van der Waals surface area contributed by atoms with Gasteiger partial charge in [0.25, 0.3) is 0 Å². The van der Waals surface area contributed by atoms with Gasteiger partial charge in [0, 0.05) is 0 Å². The van der Waals surface area contributed by atoms with Gasteiger partial charge in [-0.1, -0.05) is 53.7 Å². The Morgan fingerprint density at radius 2 is 0.875 bits per heavy atom. The Morgan fingerprint density at radius 3 is 1.00 bits per heavy atom. The van der Waals surface area contributed by atoms with Gasteiger partial charge in [-0.05, 0) is 48.7 Å². The van der Waals surface area contributed by atoms with Crippen molar-refractivity contribution in [1.82, 2.24) is 0 Å². The Hall–Kier alpha value is -0.520. The van der Waals surface area contributed by atoms with Gasteiger partial charge in [0.05, 0.1) is 0 Å². The summed E-state index contributed by atoms with van der Waals surface area (Å²) in [5.74, 6) is 2.72. The summed E-state index contributed by atoms with van der Waals surface area (Å²) in [6.45, 7) is 18.3. The number of allylic oxidation sites excluding steroid dienone is 4. The molecule has 0 N–H and O–H groups in total. The van der Waals surface area contributed by atoms with Crippen molar-refractivity contribution in [2.75, 3.05) is 0 Å². The second kappa shape index (κ2) is 6.93. The fraction of sp³-hybridized carbons (Fsp3) is 0.750. The first-order valence-corrected chi connectivity index (χ1v) is 6.69. The molecular weight excluding hydrogens is 192 g/mol. The quantitative estimate of drug-likeness (QED) is 0.542. The molecule has 94 valence electrons. The predicted octanol–water partition coefficient (Wildman–Crippen LogP) is 5.46. The molecule has 0 aliphatic heterocycles. The van der Waals surface area contributed by atoms with Crippen LogP contribution in [0.3, 0.4) is 0 Å². The highest BCUT2D eigenvalue weighted by Crippen LogP contribution is 2.33. The van der Waals surface area contributed by atoms with E-state index in [1.165, 1.54) is 0 Å². The Labute approximate surface area is 103 Å². The van der Waals surface area contributed by atoms with E-state index in [0.29, 0.717) is 23.7 Å². The summed E-state index contributed by atoms with van der Waals surface area (Å²) >= 11 is 0. The molecular formula is C16H30. The van der Waals surface area contributed by atoms with Crippen molar-refractivity contribution < 1.29 is 0 Å². The van der Waals surface area contributed by atoms with Crippen LogP contribution in [0.4, 0.5) is 0 Å². The highest BCUT2D eigenvalue weighted by atomic mass is 14.3. The molecule has 0 bridgehead atoms. The fourth-order valence-corrected chi connectivity index (χ4v) is 2.10. The number of hydrogen-bond donors (Lipinski definition) is 0. The van der Waals surface area contributed by atoms with Crippen LogP contribution in [0, 0.1) is 23.7 Å². The van der Waals surface area contributed by atoms with Crippen LogP contribution >= 0.6 is 0 Å². The van der Waals surface area contributed by atoms with E-state index in [-0.39, 0.29) is 0 Å². The van der Waals surface area contributed by atoms with Gasteiger partial charge in [0.1, 0.15) is 0 Å². The average molecular weight is 222 g/mol. The maximum atomic E-state index is 2.34. The van der Waals surface area contributed by atoms with Gasteiger partial charge in [-0.25, -0.2) is 0 Å². The molecule has 0 heterocycles. The number of rotatable bonds is 5. The van der Waals surface area contributed by atoms with E-state index in [1.54, 1.807) is 11.1 Å². The van der Waals surface area contributed by atoms with Crippen LogP contribution in [0.2, 0.25) is 0 Å². The Balaban J connectivity index is 5.09. The third-order valence-corrected chi connectivity index (χ3v) is 3.94. The van der Waals surface area contributed by atoms with Crippen LogP contribution in [0.25, 0.3) is 0 Å². The number of hydrogen-bond acceptors (Lipinski definition) is 0. The molecule has 16 heavy (non-hydrogen) atoms. The fourth-order valence-electron chi connectivity index (χ4n) is 2.10. The zero-order valence-corrected chi connectivity index (χ0v) is 12.5. The summed E-state index contributed by atoms with van der Waals surface area (Å²) in [7, 11) is 0. The summed E-state index contributed by atoms with van der Waals surface area (Å²) in [5.41, 5.74) is 3.08. The molecule has 0 amide bonds. The van der Waals surface area contributed by atoms with E-state index < -0.39 is 0 Å². The topological polar surface area (TPSA) is 0 Å². The zero-order valence-electron chi connectivity index (χ0n) is 12.5. The van der Waals surface area contributed by atoms with E-state index in [9.17, 15) is 0 Å². The van der Waals surface area contributed by atoms with Gasteiger partial charge in [-0.2, -0.15) is 0 Å². The SMILES string of the molecule is C/C=C(/C(=C/C)[C@H](C)C(C)C)[C@@H](C)C(C)C. The first-order chi connectivity index (χ1) is 7.36. The largest absolute Gasteiger partial charge is 0.0839 e. The van der Waals surface area contributed by atoms with E-state index in [2.05, 4.69) is 67.5 Å². The van der Waals surface area contributed by atoms with Crippen LogP contribution in [-0.2, 0) is 0 Å². The molecule has 0 aliphatic rings. The molecule has 2 atom stereocenters. The van der Waals surface area contributed by atoms with E-state index in [1.807, 2.05) is 0 Å². The van der Waals surface area contributed by atoms with Crippen molar-refractivity contribution in [3.8, 4) is 0 Å². The molecule has 0 saturated carbocycles. The van der Waals surface area contributed by atoms with Gasteiger partial charge in [0.15, 0.2) is 0 Å². The van der Waals surface area contributed by atoms with Crippen molar-refractivity contribution >= 4 is 0 Å². The normalized spacial score (nSPS) is 18.1. The molecule has 0 nitrogen and oxygen atoms in total. The molecule has 0 radical (unpaired) electrons. The maximum Gasteiger partial charge on any atom is -0.0168 e. The molecule has 0 aromatic carbocycles. The minimum absolute atomic E-state index is 0.650. The summed E-state index contributed by atoms with van der Waals surface area (Å²) in [6.07, 6.45) is 4.61. The molecule has 0 spiro atoms. The smallest absolute Gasteiger partial charge is 0.0168 e. The standard InChI is InChI=1S/C16H30/c1-9-15(13(7)11(3)4)16(10-2)14(8)12(5)6/h9-14H,1-8H3/b15-9+,16-10+/t13-,14+. The minimum atomic E-state index is 0.650. The highest BCUT2D eigenvalue weighted by molar-refractivity contribution is 5.34. The first-order valence-electron chi connectivity index (χ1n) is 6.69. The average Bonchev–Trinajstić information content (AvgIpc) is 2.23. The van der Waals surface area contributed by atoms with E-state index in [0.717, 1.165) is 0 Å². The third kappa shape index (κ3) is 3.81. The van der Waals surface area contributed by atoms with Crippen molar-refractivity contribution in [2.24, 2.45) is 23.7 Å². The van der Waals surface area contributed by atoms with Gasteiger partial charge < -0.3 is 0 Å². The predicted molar refractivity (Wildman–Crippen MR) is 75.5 cm³/mol. The molecule has 0 aliphatic carbocycles. The summed E-state index contributed by atoms with van der Waals surface area (Å²) in [5, 5.41) is 0. The van der Waals surface area contributed by atoms with Crippen molar-refractivity contribution in [1.29, 1.82) is 0 Å². The second-order valence-electron chi connectivity index (χ2n) is 5.55. The molecule has 0 saturated heterocycles. The van der Waals surface area contributed by atoms with Gasteiger partial charge in [0.2, 0.25) is 0 Å². The molecule has 0 fully saturated rings. The Bertz CT molecular complexity index is 225. The summed E-state index contributed by atoms with van der Waals surface area (Å²) in [4.78, 5) is 0. The monoisotopic (exact) mass is 222 g/mol. The Kier molecular flexibility index (Phi) is 6.71. The van der Waals surface area contributed by atoms with Crippen LogP contribution in [0.5, 0.6) is 0 Å². The molecule has 0 aromatic rings. The lowest BCUT2D eigenvalue weighted by atomic mass is 9.78. The van der Waals surface area contributed by atoms with Crippen molar-refractivity contribution in [2.45, 2.75) is 55.4 Å². The minimum Gasteiger partial charge on any atom is -0.0839 e. The van der Waals surface area contributed by atoms with Crippen molar-refractivity contribution in [3.05, 3.63) is 23.3 Å². The third-order valence-electron chi connectivity index (χ3n) is 3.94. The lowest BCUT2D eigenvalue weighted by Crippen LogP contribution is -2.16.